The third kappa shape index (κ3) is 3.89. The predicted molar refractivity (Wildman–Crippen MR) is 105 cm³/mol. The van der Waals surface area contributed by atoms with E-state index in [1.807, 2.05) is 18.2 Å². The summed E-state index contributed by atoms with van der Waals surface area (Å²) in [5.41, 5.74) is 1.63. The van der Waals surface area contributed by atoms with E-state index in [0.29, 0.717) is 28.8 Å². The Balaban J connectivity index is 1.81. The smallest absolute Gasteiger partial charge is 0.297 e. The van der Waals surface area contributed by atoms with Crippen LogP contribution in [0, 0.1) is 0 Å². The second kappa shape index (κ2) is 8.06. The molecule has 0 saturated carbocycles. The molecule has 0 amide bonds. The van der Waals surface area contributed by atoms with Crippen molar-refractivity contribution in [2.24, 2.45) is 0 Å². The minimum absolute atomic E-state index is 0.228. The average Bonchev–Trinajstić information content (AvgIpc) is 2.67. The largest absolute Gasteiger partial charge is 0.495 e. The van der Waals surface area contributed by atoms with E-state index in [-0.39, 0.29) is 11.5 Å². The number of benzene rings is 2. The lowest BCUT2D eigenvalue weighted by molar-refractivity contribution is 0.415. The molecule has 134 valence electrons. The molecule has 0 radical (unpaired) electrons. The van der Waals surface area contributed by atoms with Crippen LogP contribution in [0.1, 0.15) is 18.4 Å². The first kappa shape index (κ1) is 18.0. The lowest BCUT2D eigenvalue weighted by Gasteiger charge is -2.14. The Hall–Kier alpha value is -2.79. The van der Waals surface area contributed by atoms with Gasteiger partial charge in [0.05, 0.1) is 17.8 Å². The number of nitrogens with one attached hydrogen (secondary N) is 1. The van der Waals surface area contributed by atoms with Crippen molar-refractivity contribution in [3.63, 3.8) is 0 Å². The number of rotatable bonds is 6. The Morgan fingerprint density at radius 2 is 2.00 bits per heavy atom. The number of halogens is 1. The minimum atomic E-state index is -0.228. The number of nitrogens with zero attached hydrogens (tertiary/aromatic N) is 2. The maximum Gasteiger partial charge on any atom is 0.297 e. The minimum Gasteiger partial charge on any atom is -0.495 e. The third-order valence-corrected chi connectivity index (χ3v) is 4.49. The predicted octanol–water partition coefficient (Wildman–Crippen LogP) is 4.11. The molecule has 0 bridgehead atoms. The second-order valence-corrected chi connectivity index (χ2v) is 6.37. The highest BCUT2D eigenvalue weighted by Gasteiger charge is 2.11. The molecule has 1 N–H and O–H groups in total. The molecule has 0 spiro atoms. The summed E-state index contributed by atoms with van der Waals surface area (Å²) >= 11 is 6.17. The van der Waals surface area contributed by atoms with Crippen molar-refractivity contribution in [1.82, 2.24) is 9.55 Å². The highest BCUT2D eigenvalue weighted by molar-refractivity contribution is 6.32. The summed E-state index contributed by atoms with van der Waals surface area (Å²) in [5, 5.41) is 3.60. The summed E-state index contributed by atoms with van der Waals surface area (Å²) in [4.78, 5) is 16.9. The first-order valence-corrected chi connectivity index (χ1v) is 8.68. The van der Waals surface area contributed by atoms with Crippen LogP contribution in [0.2, 0.25) is 5.02 Å². The van der Waals surface area contributed by atoms with Crippen LogP contribution < -0.4 is 15.6 Å². The highest BCUT2D eigenvalue weighted by atomic mass is 35.5. The maximum absolute atomic E-state index is 12.7. The van der Waals surface area contributed by atoms with Gasteiger partial charge in [-0.3, -0.25) is 9.36 Å². The van der Waals surface area contributed by atoms with Crippen LogP contribution >= 0.6 is 11.6 Å². The maximum atomic E-state index is 12.7. The molecule has 1 aromatic heterocycles. The fourth-order valence-electron chi connectivity index (χ4n) is 2.69. The number of hydrogen-bond donors (Lipinski definition) is 1. The highest BCUT2D eigenvalue weighted by Crippen LogP contribution is 2.26. The first-order valence-electron chi connectivity index (χ1n) is 8.30. The molecule has 0 unspecified atom stereocenters. The van der Waals surface area contributed by atoms with Gasteiger partial charge in [0.15, 0.2) is 5.82 Å². The molecule has 0 aliphatic rings. The van der Waals surface area contributed by atoms with E-state index in [2.05, 4.69) is 29.4 Å². The quantitative estimate of drug-likeness (QED) is 0.710. The molecule has 0 aliphatic heterocycles. The zero-order valence-electron chi connectivity index (χ0n) is 14.6. The van der Waals surface area contributed by atoms with E-state index < -0.39 is 0 Å². The molecule has 1 atom stereocenters. The van der Waals surface area contributed by atoms with Gasteiger partial charge in [0.1, 0.15) is 5.75 Å². The normalized spacial score (nSPS) is 11.8. The Kier molecular flexibility index (Phi) is 5.58. The Morgan fingerprint density at radius 1 is 1.23 bits per heavy atom. The molecule has 1 heterocycles. The molecule has 5 nitrogen and oxygen atoms in total. The molecule has 26 heavy (non-hydrogen) atoms. The van der Waals surface area contributed by atoms with Crippen molar-refractivity contribution in [3.8, 4) is 11.4 Å². The van der Waals surface area contributed by atoms with Crippen LogP contribution in [0.5, 0.6) is 5.75 Å². The fraction of sp³-hybridized carbons (Fsp3) is 0.200. The van der Waals surface area contributed by atoms with Crippen LogP contribution in [-0.4, -0.2) is 23.2 Å². The first-order chi connectivity index (χ1) is 12.6. The van der Waals surface area contributed by atoms with E-state index in [1.54, 1.807) is 37.7 Å². The van der Waals surface area contributed by atoms with Crippen molar-refractivity contribution in [2.45, 2.75) is 12.8 Å². The Morgan fingerprint density at radius 3 is 2.69 bits per heavy atom. The van der Waals surface area contributed by atoms with Crippen molar-refractivity contribution < 1.29 is 4.74 Å². The molecule has 2 aromatic carbocycles. The van der Waals surface area contributed by atoms with Gasteiger partial charge in [-0.05, 0) is 29.7 Å². The molecule has 0 aliphatic carbocycles. The SMILES string of the molecule is COc1ccc(-n2ccnc(NC[C@@H](C)c3ccccc3)c2=O)cc1Cl. The molecular weight excluding hydrogens is 350 g/mol. The van der Waals surface area contributed by atoms with Gasteiger partial charge in [-0.2, -0.15) is 0 Å². The van der Waals surface area contributed by atoms with Gasteiger partial charge >= 0.3 is 0 Å². The lowest BCUT2D eigenvalue weighted by Crippen LogP contribution is -2.24. The van der Waals surface area contributed by atoms with Crippen molar-refractivity contribution >= 4 is 17.4 Å². The molecule has 0 saturated heterocycles. The molecular formula is C20H20ClN3O2. The van der Waals surface area contributed by atoms with Crippen LogP contribution in [0.15, 0.2) is 65.7 Å². The van der Waals surface area contributed by atoms with Crippen molar-refractivity contribution in [1.29, 1.82) is 0 Å². The number of aromatic nitrogens is 2. The van der Waals surface area contributed by atoms with E-state index in [4.69, 9.17) is 16.3 Å². The Labute approximate surface area is 157 Å². The number of methoxy groups -OCH3 is 1. The van der Waals surface area contributed by atoms with Crippen LogP contribution in [0.4, 0.5) is 5.82 Å². The lowest BCUT2D eigenvalue weighted by atomic mass is 10.0. The monoisotopic (exact) mass is 369 g/mol. The van der Waals surface area contributed by atoms with Gasteiger partial charge in [-0.25, -0.2) is 4.98 Å². The standard InChI is InChI=1S/C20H20ClN3O2/c1-14(15-6-4-3-5-7-15)13-23-19-20(25)24(11-10-22-19)16-8-9-18(26-2)17(21)12-16/h3-12,14H,13H2,1-2H3,(H,22,23)/t14-/m1/s1. The summed E-state index contributed by atoms with van der Waals surface area (Å²) in [6, 6.07) is 15.3. The number of anilines is 1. The zero-order chi connectivity index (χ0) is 18.5. The van der Waals surface area contributed by atoms with Crippen molar-refractivity contribution in [3.05, 3.63) is 81.9 Å². The third-order valence-electron chi connectivity index (χ3n) is 4.20. The molecule has 3 rings (SSSR count). The summed E-state index contributed by atoms with van der Waals surface area (Å²) in [5.74, 6) is 1.12. The van der Waals surface area contributed by atoms with E-state index >= 15 is 0 Å². The van der Waals surface area contributed by atoms with Gasteiger partial charge < -0.3 is 10.1 Å². The topological polar surface area (TPSA) is 56.1 Å². The second-order valence-electron chi connectivity index (χ2n) is 5.96. The van der Waals surface area contributed by atoms with Gasteiger partial charge in [0.2, 0.25) is 0 Å². The van der Waals surface area contributed by atoms with Gasteiger partial charge in [-0.15, -0.1) is 0 Å². The fourth-order valence-corrected chi connectivity index (χ4v) is 2.94. The van der Waals surface area contributed by atoms with Crippen molar-refractivity contribution in [2.75, 3.05) is 19.0 Å². The summed E-state index contributed by atoms with van der Waals surface area (Å²) in [6.45, 7) is 2.71. The average molecular weight is 370 g/mol. The summed E-state index contributed by atoms with van der Waals surface area (Å²) in [7, 11) is 1.55. The Bertz CT molecular complexity index is 941. The number of ether oxygens (including phenoxy) is 1. The van der Waals surface area contributed by atoms with E-state index in [9.17, 15) is 4.79 Å². The van der Waals surface area contributed by atoms with Gasteiger partial charge in [0, 0.05) is 18.9 Å². The van der Waals surface area contributed by atoms with E-state index in [0.717, 1.165) is 0 Å². The van der Waals surface area contributed by atoms with Crippen LogP contribution in [-0.2, 0) is 0 Å². The number of hydrogen-bond acceptors (Lipinski definition) is 4. The van der Waals surface area contributed by atoms with Crippen LogP contribution in [0.3, 0.4) is 0 Å². The van der Waals surface area contributed by atoms with Gasteiger partial charge in [-0.1, -0.05) is 48.9 Å². The molecule has 0 fully saturated rings. The molecule has 6 heteroatoms. The zero-order valence-corrected chi connectivity index (χ0v) is 15.4. The van der Waals surface area contributed by atoms with Gasteiger partial charge in [0.25, 0.3) is 5.56 Å². The van der Waals surface area contributed by atoms with Crippen LogP contribution in [0.25, 0.3) is 5.69 Å². The summed E-state index contributed by atoms with van der Waals surface area (Å²) < 4.78 is 6.66. The molecule has 3 aromatic rings. The summed E-state index contributed by atoms with van der Waals surface area (Å²) in [6.07, 6.45) is 3.21. The van der Waals surface area contributed by atoms with E-state index in [1.165, 1.54) is 10.1 Å².